The zero-order valence-corrected chi connectivity index (χ0v) is 15.0. The van der Waals surface area contributed by atoms with Gasteiger partial charge in [0.25, 0.3) is 5.91 Å². The molecule has 0 radical (unpaired) electrons. The van der Waals surface area contributed by atoms with Crippen molar-refractivity contribution in [3.8, 4) is 5.75 Å². The van der Waals surface area contributed by atoms with Crippen LogP contribution in [-0.4, -0.2) is 12.5 Å². The molecule has 0 saturated heterocycles. The molecule has 3 nitrogen and oxygen atoms in total. The number of rotatable bonds is 6. The van der Waals surface area contributed by atoms with Crippen LogP contribution in [0.15, 0.2) is 42.5 Å². The minimum absolute atomic E-state index is 0.120. The van der Waals surface area contributed by atoms with Gasteiger partial charge in [-0.1, -0.05) is 19.4 Å². The summed E-state index contributed by atoms with van der Waals surface area (Å²) in [6.45, 7) is 4.79. The zero-order valence-electron chi connectivity index (χ0n) is 12.9. The third-order valence-corrected chi connectivity index (χ3v) is 3.97. The van der Waals surface area contributed by atoms with E-state index in [2.05, 4.69) is 34.8 Å². The summed E-state index contributed by atoms with van der Waals surface area (Å²) in [6.07, 6.45) is 2.10. The lowest BCUT2D eigenvalue weighted by molar-refractivity contribution is 0.102. The Bertz CT molecular complexity index is 655. The summed E-state index contributed by atoms with van der Waals surface area (Å²) >= 11 is 2.26. The lowest BCUT2D eigenvalue weighted by Crippen LogP contribution is -2.13. The van der Waals surface area contributed by atoms with Gasteiger partial charge >= 0.3 is 0 Å². The molecular formula is C18H20INO2. The lowest BCUT2D eigenvalue weighted by Gasteiger charge is -2.10. The fourth-order valence-electron chi connectivity index (χ4n) is 2.02. The Morgan fingerprint density at radius 3 is 2.77 bits per heavy atom. The number of benzene rings is 2. The topological polar surface area (TPSA) is 38.3 Å². The van der Waals surface area contributed by atoms with Gasteiger partial charge in [0.1, 0.15) is 5.75 Å². The standard InChI is InChI=1S/C18H20INO2/c1-3-4-10-22-16-7-5-6-14(12-16)18(21)20-17-9-8-15(19)11-13(17)2/h5-9,11-12H,3-4,10H2,1-2H3,(H,20,21). The van der Waals surface area contributed by atoms with Gasteiger partial charge in [0, 0.05) is 14.8 Å². The highest BCUT2D eigenvalue weighted by Crippen LogP contribution is 2.20. The van der Waals surface area contributed by atoms with Crippen LogP contribution in [0.4, 0.5) is 5.69 Å². The van der Waals surface area contributed by atoms with E-state index in [1.54, 1.807) is 12.1 Å². The number of anilines is 1. The van der Waals surface area contributed by atoms with Gasteiger partial charge in [0.05, 0.1) is 6.61 Å². The monoisotopic (exact) mass is 409 g/mol. The quantitative estimate of drug-likeness (QED) is 0.537. The van der Waals surface area contributed by atoms with Crippen molar-refractivity contribution in [2.45, 2.75) is 26.7 Å². The summed E-state index contributed by atoms with van der Waals surface area (Å²) in [6, 6.07) is 13.3. The van der Waals surface area contributed by atoms with Gasteiger partial charge in [0.2, 0.25) is 0 Å². The Balaban J connectivity index is 2.07. The third kappa shape index (κ3) is 4.73. The summed E-state index contributed by atoms with van der Waals surface area (Å²) in [4.78, 5) is 12.4. The van der Waals surface area contributed by atoms with E-state index in [9.17, 15) is 4.79 Å². The van der Waals surface area contributed by atoms with E-state index in [1.807, 2.05) is 37.3 Å². The molecule has 0 bridgehead atoms. The summed E-state index contributed by atoms with van der Waals surface area (Å²) < 4.78 is 6.80. The first-order valence-corrected chi connectivity index (χ1v) is 8.48. The van der Waals surface area contributed by atoms with Gasteiger partial charge in [-0.2, -0.15) is 0 Å². The van der Waals surface area contributed by atoms with Crippen LogP contribution in [0.3, 0.4) is 0 Å². The Morgan fingerprint density at radius 2 is 2.05 bits per heavy atom. The molecule has 22 heavy (non-hydrogen) atoms. The van der Waals surface area contributed by atoms with E-state index < -0.39 is 0 Å². The molecule has 0 aliphatic heterocycles. The van der Waals surface area contributed by atoms with Gasteiger partial charge in [-0.3, -0.25) is 4.79 Å². The first-order valence-electron chi connectivity index (χ1n) is 7.40. The van der Waals surface area contributed by atoms with Crippen molar-refractivity contribution in [2.75, 3.05) is 11.9 Å². The van der Waals surface area contributed by atoms with E-state index in [0.29, 0.717) is 12.2 Å². The van der Waals surface area contributed by atoms with Crippen LogP contribution >= 0.6 is 22.6 Å². The molecule has 0 fully saturated rings. The first-order chi connectivity index (χ1) is 10.6. The minimum atomic E-state index is -0.120. The van der Waals surface area contributed by atoms with Gasteiger partial charge in [0.15, 0.2) is 0 Å². The van der Waals surface area contributed by atoms with Crippen molar-refractivity contribution in [3.05, 3.63) is 57.2 Å². The average Bonchev–Trinajstić information content (AvgIpc) is 2.50. The Hall–Kier alpha value is -1.56. The van der Waals surface area contributed by atoms with Gasteiger partial charge < -0.3 is 10.1 Å². The fraction of sp³-hybridized carbons (Fsp3) is 0.278. The summed E-state index contributed by atoms with van der Waals surface area (Å²) in [5.74, 6) is 0.616. The SMILES string of the molecule is CCCCOc1cccc(C(=O)Nc2ccc(I)cc2C)c1. The van der Waals surface area contributed by atoms with Crippen LogP contribution in [0.1, 0.15) is 35.7 Å². The number of halogens is 1. The maximum atomic E-state index is 12.4. The van der Waals surface area contributed by atoms with Crippen molar-refractivity contribution in [1.82, 2.24) is 0 Å². The number of hydrogen-bond acceptors (Lipinski definition) is 2. The van der Waals surface area contributed by atoms with Crippen LogP contribution in [0.25, 0.3) is 0 Å². The minimum Gasteiger partial charge on any atom is -0.494 e. The predicted molar refractivity (Wildman–Crippen MR) is 98.7 cm³/mol. The number of carbonyl (C=O) groups excluding carboxylic acids is 1. The van der Waals surface area contributed by atoms with Gasteiger partial charge in [-0.05, 0) is 77.9 Å². The Kier molecular flexibility index (Phi) is 6.24. The molecule has 0 aliphatic carbocycles. The average molecular weight is 409 g/mol. The highest BCUT2D eigenvalue weighted by atomic mass is 127. The number of aryl methyl sites for hydroxylation is 1. The maximum absolute atomic E-state index is 12.4. The lowest BCUT2D eigenvalue weighted by atomic mass is 10.1. The highest BCUT2D eigenvalue weighted by molar-refractivity contribution is 14.1. The number of carbonyl (C=O) groups is 1. The Labute approximate surface area is 145 Å². The molecule has 0 aromatic heterocycles. The number of hydrogen-bond donors (Lipinski definition) is 1. The van der Waals surface area contributed by atoms with Crippen molar-refractivity contribution in [3.63, 3.8) is 0 Å². The molecule has 1 N–H and O–H groups in total. The molecule has 1 amide bonds. The molecule has 0 aliphatic rings. The van der Waals surface area contributed by atoms with E-state index in [1.165, 1.54) is 0 Å². The van der Waals surface area contributed by atoms with Crippen LogP contribution in [0.5, 0.6) is 5.75 Å². The molecule has 4 heteroatoms. The second-order valence-corrected chi connectivity index (χ2v) is 6.39. The molecule has 2 rings (SSSR count). The van der Waals surface area contributed by atoms with Crippen molar-refractivity contribution in [1.29, 1.82) is 0 Å². The van der Waals surface area contributed by atoms with E-state index in [0.717, 1.165) is 33.4 Å². The third-order valence-electron chi connectivity index (χ3n) is 3.30. The van der Waals surface area contributed by atoms with Gasteiger partial charge in [-0.25, -0.2) is 0 Å². The van der Waals surface area contributed by atoms with E-state index >= 15 is 0 Å². The fourth-order valence-corrected chi connectivity index (χ4v) is 2.67. The van der Waals surface area contributed by atoms with Crippen molar-refractivity contribution < 1.29 is 9.53 Å². The molecule has 2 aromatic carbocycles. The van der Waals surface area contributed by atoms with Crippen molar-refractivity contribution in [2.24, 2.45) is 0 Å². The van der Waals surface area contributed by atoms with E-state index in [-0.39, 0.29) is 5.91 Å². The van der Waals surface area contributed by atoms with E-state index in [4.69, 9.17) is 4.74 Å². The van der Waals surface area contributed by atoms with Crippen LogP contribution < -0.4 is 10.1 Å². The first kappa shape index (κ1) is 16.8. The molecule has 0 saturated carbocycles. The molecule has 0 atom stereocenters. The largest absolute Gasteiger partial charge is 0.494 e. The van der Waals surface area contributed by atoms with Crippen LogP contribution in [0.2, 0.25) is 0 Å². The molecular weight excluding hydrogens is 389 g/mol. The van der Waals surface area contributed by atoms with Crippen molar-refractivity contribution >= 4 is 34.2 Å². The molecule has 0 unspecified atom stereocenters. The summed E-state index contributed by atoms with van der Waals surface area (Å²) in [5.41, 5.74) is 2.49. The van der Waals surface area contributed by atoms with Gasteiger partial charge in [-0.15, -0.1) is 0 Å². The highest BCUT2D eigenvalue weighted by Gasteiger charge is 2.09. The second-order valence-electron chi connectivity index (χ2n) is 5.14. The smallest absolute Gasteiger partial charge is 0.255 e. The predicted octanol–water partition coefficient (Wildman–Crippen LogP) is 5.03. The Morgan fingerprint density at radius 1 is 1.23 bits per heavy atom. The number of ether oxygens (including phenoxy) is 1. The number of nitrogens with one attached hydrogen (secondary N) is 1. The molecule has 0 spiro atoms. The summed E-state index contributed by atoms with van der Waals surface area (Å²) in [7, 11) is 0. The number of amides is 1. The maximum Gasteiger partial charge on any atom is 0.255 e. The normalized spacial score (nSPS) is 10.3. The van der Waals surface area contributed by atoms with Crippen LogP contribution in [0, 0.1) is 10.5 Å². The summed E-state index contributed by atoms with van der Waals surface area (Å²) in [5, 5.41) is 2.95. The number of unbranched alkanes of at least 4 members (excludes halogenated alkanes) is 1. The molecule has 2 aromatic rings. The second kappa shape index (κ2) is 8.17. The van der Waals surface area contributed by atoms with Crippen LogP contribution in [-0.2, 0) is 0 Å². The molecule has 116 valence electrons. The molecule has 0 heterocycles. The zero-order chi connectivity index (χ0) is 15.9.